The molecule has 1 aromatic rings. The van der Waals surface area contributed by atoms with Gasteiger partial charge in [-0.3, -0.25) is 0 Å². The van der Waals surface area contributed by atoms with Crippen molar-refractivity contribution in [3.05, 3.63) is 137 Å². The summed E-state index contributed by atoms with van der Waals surface area (Å²) in [5.74, 6) is 1.67. The minimum Gasteiger partial charge on any atom is -0.399 e. The van der Waals surface area contributed by atoms with Gasteiger partial charge in [-0.25, -0.2) is 0 Å². The Morgan fingerprint density at radius 2 is 1.85 bits per heavy atom. The summed E-state index contributed by atoms with van der Waals surface area (Å²) in [5.41, 5.74) is 19.1. The van der Waals surface area contributed by atoms with Gasteiger partial charge in [-0.2, -0.15) is 12.6 Å². The zero-order chi connectivity index (χ0) is 40.0. The molecule has 0 saturated heterocycles. The third kappa shape index (κ3) is 11.6. The summed E-state index contributed by atoms with van der Waals surface area (Å²) in [6.07, 6.45) is 25.8. The second-order valence-electron chi connectivity index (χ2n) is 16.0. The van der Waals surface area contributed by atoms with E-state index in [9.17, 15) is 0 Å². The van der Waals surface area contributed by atoms with Crippen LogP contribution in [0.15, 0.2) is 121 Å². The predicted molar refractivity (Wildman–Crippen MR) is 244 cm³/mol. The summed E-state index contributed by atoms with van der Waals surface area (Å²) in [6, 6.07) is 7.18. The largest absolute Gasteiger partial charge is 0.399 e. The second kappa shape index (κ2) is 21.6. The molecule has 5 rings (SSSR count). The number of thiol groups is 1. The lowest BCUT2D eigenvalue weighted by Gasteiger charge is -2.36. The Morgan fingerprint density at radius 3 is 2.50 bits per heavy atom. The number of allylic oxidation sites excluding steroid dienone is 9. The van der Waals surface area contributed by atoms with Crippen LogP contribution in [0.5, 0.6) is 0 Å². The van der Waals surface area contributed by atoms with E-state index in [-0.39, 0.29) is 11.3 Å². The zero-order valence-electron chi connectivity index (χ0n) is 35.4. The topological polar surface area (TPSA) is 41.3 Å². The zero-order valence-corrected chi connectivity index (χ0v) is 36.3. The van der Waals surface area contributed by atoms with E-state index in [2.05, 4.69) is 131 Å². The third-order valence-corrected chi connectivity index (χ3v) is 11.5. The molecule has 2 heterocycles. The molecule has 0 spiro atoms. The van der Waals surface area contributed by atoms with E-state index < -0.39 is 0 Å². The van der Waals surface area contributed by atoms with Crippen molar-refractivity contribution in [2.24, 2.45) is 28.9 Å². The lowest BCUT2D eigenvalue weighted by molar-refractivity contribution is 0.341. The summed E-state index contributed by atoms with van der Waals surface area (Å²) >= 11 is 3.97. The predicted octanol–water partition coefficient (Wildman–Crippen LogP) is 13.2. The maximum absolute atomic E-state index is 6.35. The average molecular weight is 750 g/mol. The first-order valence-electron chi connectivity index (χ1n) is 21.0. The standard InChI is InChI=1S/C45H61N3.C3H8S.C2H6/c1-9-15-38(16-10-2)43-33(6)20-21-37(34(7)46)24-26-48-30-45(29-42(45)41-28-32(5)19-22-40(41)44(43)48)35(8)47-25-23-36(11-3)39-18-14-12-13-17-31(4)27-39;1-3(2)4;1-2/h9,12,14,19-22,24,27-28,33,36,38,42,47H,1,4,7-8,10-11,13,15-18,23,25-26,29-30,46H2,2-3,5-6H3;3-4H,1-2H3;1-2H3/b14-12-,21-20-,37-24+,39-27+,44-43+;;. The maximum Gasteiger partial charge on any atom is 0.0446 e. The number of benzene rings is 1. The Morgan fingerprint density at radius 1 is 1.13 bits per heavy atom. The van der Waals surface area contributed by atoms with Crippen molar-refractivity contribution in [3.8, 4) is 0 Å². The summed E-state index contributed by atoms with van der Waals surface area (Å²) in [7, 11) is 0. The number of nitrogens with one attached hydrogen (secondary N) is 1. The van der Waals surface area contributed by atoms with Gasteiger partial charge >= 0.3 is 0 Å². The summed E-state index contributed by atoms with van der Waals surface area (Å²) in [6.45, 7) is 37.4. The highest BCUT2D eigenvalue weighted by Gasteiger charge is 2.60. The second-order valence-corrected chi connectivity index (χ2v) is 17.0. The maximum atomic E-state index is 6.35. The Hall–Kier alpha value is -3.37. The van der Waals surface area contributed by atoms with Gasteiger partial charge in [0.25, 0.3) is 0 Å². The molecule has 3 N–H and O–H groups in total. The minimum absolute atomic E-state index is 0.0230. The normalized spacial score (nSPS) is 27.4. The van der Waals surface area contributed by atoms with Gasteiger partial charge < -0.3 is 16.0 Å². The first-order chi connectivity index (χ1) is 25.9. The molecule has 54 heavy (non-hydrogen) atoms. The molecule has 5 unspecified atom stereocenters. The van der Waals surface area contributed by atoms with E-state index in [0.717, 1.165) is 83.0 Å². The highest BCUT2D eigenvalue weighted by atomic mass is 32.1. The fraction of sp³-hybridized carbons (Fsp3) is 0.520. The molecule has 1 saturated carbocycles. The van der Waals surface area contributed by atoms with E-state index in [0.29, 0.717) is 28.7 Å². The molecule has 0 amide bonds. The van der Waals surface area contributed by atoms with Gasteiger partial charge in [0.2, 0.25) is 0 Å². The molecule has 1 fully saturated rings. The van der Waals surface area contributed by atoms with Crippen LogP contribution in [-0.2, 0) is 0 Å². The van der Waals surface area contributed by atoms with Gasteiger partial charge in [-0.15, -0.1) is 6.58 Å². The fourth-order valence-electron chi connectivity index (χ4n) is 8.69. The Labute approximate surface area is 337 Å². The monoisotopic (exact) mass is 750 g/mol. The van der Waals surface area contributed by atoms with Crippen LogP contribution in [0.4, 0.5) is 0 Å². The highest BCUT2D eigenvalue weighted by Crippen LogP contribution is 2.66. The van der Waals surface area contributed by atoms with Crippen molar-refractivity contribution in [1.29, 1.82) is 0 Å². The van der Waals surface area contributed by atoms with E-state index in [1.807, 2.05) is 27.7 Å². The van der Waals surface area contributed by atoms with Gasteiger partial charge in [0.05, 0.1) is 0 Å². The molecular formula is C50H75N3S. The summed E-state index contributed by atoms with van der Waals surface area (Å²) in [4.78, 5) is 2.67. The number of hydrogen-bond donors (Lipinski definition) is 3. The molecule has 2 aliphatic carbocycles. The van der Waals surface area contributed by atoms with Crippen molar-refractivity contribution in [3.63, 3.8) is 0 Å². The van der Waals surface area contributed by atoms with Gasteiger partial charge in [0.15, 0.2) is 0 Å². The minimum atomic E-state index is -0.0230. The fourth-order valence-corrected chi connectivity index (χ4v) is 8.69. The number of rotatable bonds is 13. The molecule has 4 aliphatic rings. The molecule has 0 bridgehead atoms. The van der Waals surface area contributed by atoms with Crippen LogP contribution in [0.25, 0.3) is 5.70 Å². The van der Waals surface area contributed by atoms with Gasteiger partial charge in [0.1, 0.15) is 0 Å². The average Bonchev–Trinajstić information content (AvgIpc) is 3.85. The quantitative estimate of drug-likeness (QED) is 0.139. The van der Waals surface area contributed by atoms with E-state index in [4.69, 9.17) is 12.3 Å². The summed E-state index contributed by atoms with van der Waals surface area (Å²) in [5, 5.41) is 4.44. The molecule has 2 aliphatic heterocycles. The van der Waals surface area contributed by atoms with Crippen LogP contribution < -0.4 is 11.1 Å². The highest BCUT2D eigenvalue weighted by molar-refractivity contribution is 7.80. The third-order valence-electron chi connectivity index (χ3n) is 11.5. The Balaban J connectivity index is 0.00000122. The number of hydrogen-bond acceptors (Lipinski definition) is 4. The molecule has 1 aromatic carbocycles. The molecule has 3 nitrogen and oxygen atoms in total. The van der Waals surface area contributed by atoms with Crippen LogP contribution in [0, 0.1) is 30.1 Å². The van der Waals surface area contributed by atoms with Gasteiger partial charge in [-0.05, 0) is 104 Å². The molecule has 296 valence electrons. The number of aryl methyl sites for hydroxylation is 1. The molecule has 0 radical (unpaired) electrons. The smallest absolute Gasteiger partial charge is 0.0446 e. The Bertz CT molecular complexity index is 1610. The van der Waals surface area contributed by atoms with Crippen molar-refractivity contribution in [2.45, 2.75) is 124 Å². The van der Waals surface area contributed by atoms with Crippen LogP contribution in [-0.4, -0.2) is 29.8 Å². The van der Waals surface area contributed by atoms with Crippen LogP contribution in [0.1, 0.15) is 129 Å². The van der Waals surface area contributed by atoms with Crippen molar-refractivity contribution in [1.82, 2.24) is 10.2 Å². The van der Waals surface area contributed by atoms with Crippen LogP contribution >= 0.6 is 12.6 Å². The lowest BCUT2D eigenvalue weighted by Crippen LogP contribution is -2.35. The molecule has 4 heteroatoms. The van der Waals surface area contributed by atoms with Gasteiger partial charge in [-0.1, -0.05) is 152 Å². The Kier molecular flexibility index (Phi) is 18.1. The van der Waals surface area contributed by atoms with E-state index >= 15 is 0 Å². The van der Waals surface area contributed by atoms with Crippen LogP contribution in [0.2, 0.25) is 0 Å². The first kappa shape index (κ1) is 45.0. The summed E-state index contributed by atoms with van der Waals surface area (Å²) < 4.78 is 0. The van der Waals surface area contributed by atoms with E-state index in [1.54, 1.807) is 0 Å². The number of fused-ring (bicyclic) bond motifs is 5. The molecule has 0 aromatic heterocycles. The van der Waals surface area contributed by atoms with Crippen molar-refractivity contribution in [2.75, 3.05) is 19.6 Å². The number of nitrogens with zero attached hydrogens (tertiary/aromatic N) is 1. The molecule has 5 atom stereocenters. The SMILES string of the molecule is C=CCC(CCC)/C1=C2\c3ccc(C)cc3C3CC3(C(=C)NCCC(CC)/C3=C/C(=C)CC/C=C\C3)CN2C/C=C(C(=C)N)\C=C/C1C.CC.CC(C)S. The van der Waals surface area contributed by atoms with Gasteiger partial charge in [0, 0.05) is 47.7 Å². The first-order valence-corrected chi connectivity index (χ1v) is 21.6. The van der Waals surface area contributed by atoms with Crippen molar-refractivity contribution >= 4 is 18.3 Å². The number of nitrogens with two attached hydrogens (primary N) is 1. The lowest BCUT2D eigenvalue weighted by atomic mass is 9.79. The van der Waals surface area contributed by atoms with Crippen molar-refractivity contribution < 1.29 is 0 Å². The van der Waals surface area contributed by atoms with Crippen LogP contribution in [0.3, 0.4) is 0 Å². The molecular weight excluding hydrogens is 675 g/mol. The van der Waals surface area contributed by atoms with E-state index in [1.165, 1.54) is 44.8 Å².